The molecule has 5 nitrogen and oxygen atoms in total. The molecule has 2 heterocycles. The van der Waals surface area contributed by atoms with Crippen molar-refractivity contribution in [2.45, 2.75) is 105 Å². The summed E-state index contributed by atoms with van der Waals surface area (Å²) in [7, 11) is 0. The molecule has 5 heteroatoms. The molecule has 0 saturated heterocycles. The zero-order valence-electron chi connectivity index (χ0n) is 19.0. The van der Waals surface area contributed by atoms with Gasteiger partial charge in [0.2, 0.25) is 0 Å². The first-order valence-corrected chi connectivity index (χ1v) is 9.42. The fraction of sp³-hybridized carbons (Fsp3) is 0.762. The molecule has 0 aromatic carbocycles. The molecule has 0 fully saturated rings. The van der Waals surface area contributed by atoms with Gasteiger partial charge >= 0.3 is 0 Å². The van der Waals surface area contributed by atoms with Crippen LogP contribution in [0.1, 0.15) is 94.5 Å². The summed E-state index contributed by atoms with van der Waals surface area (Å²) in [5.41, 5.74) is 2.69. The number of hydrogen-bond donors (Lipinski definition) is 0. The highest BCUT2D eigenvalue weighted by Gasteiger charge is 2.24. The molecule has 0 aliphatic rings. The van der Waals surface area contributed by atoms with E-state index in [-0.39, 0.29) is 21.9 Å². The Kier molecular flexibility index (Phi) is 6.17. The van der Waals surface area contributed by atoms with Crippen LogP contribution in [0.15, 0.2) is 18.5 Å². The second-order valence-corrected chi connectivity index (χ2v) is 11.0. The maximum atomic E-state index is 4.37. The SMILES string of the molecule is CC(C)(C)c1ccnn1C(C)(C)C.CC(C)(C)c1cn(C(C)(C)C)nn1. The summed E-state index contributed by atoms with van der Waals surface area (Å²) in [5.74, 6) is 0. The zero-order valence-corrected chi connectivity index (χ0v) is 19.0. The Morgan fingerprint density at radius 3 is 1.54 bits per heavy atom. The summed E-state index contributed by atoms with van der Waals surface area (Å²) in [6.45, 7) is 26.0. The number of aromatic nitrogens is 5. The van der Waals surface area contributed by atoms with Crippen LogP contribution in [0.5, 0.6) is 0 Å². The maximum absolute atomic E-state index is 4.37. The molecule has 148 valence electrons. The van der Waals surface area contributed by atoms with Gasteiger partial charge in [0.1, 0.15) is 0 Å². The molecule has 0 spiro atoms. The van der Waals surface area contributed by atoms with Crippen molar-refractivity contribution in [3.63, 3.8) is 0 Å². The van der Waals surface area contributed by atoms with Crippen molar-refractivity contribution in [2.75, 3.05) is 0 Å². The van der Waals surface area contributed by atoms with Crippen molar-refractivity contribution in [3.05, 3.63) is 29.8 Å². The van der Waals surface area contributed by atoms with Crippen LogP contribution in [0.3, 0.4) is 0 Å². The van der Waals surface area contributed by atoms with Crippen molar-refractivity contribution in [1.29, 1.82) is 0 Å². The van der Waals surface area contributed by atoms with Gasteiger partial charge in [-0.1, -0.05) is 46.8 Å². The van der Waals surface area contributed by atoms with E-state index in [1.54, 1.807) is 0 Å². The van der Waals surface area contributed by atoms with Gasteiger partial charge in [-0.25, -0.2) is 4.68 Å². The molecule has 2 aromatic rings. The molecule has 26 heavy (non-hydrogen) atoms. The van der Waals surface area contributed by atoms with Crippen LogP contribution in [0.4, 0.5) is 0 Å². The first kappa shape index (κ1) is 22.4. The summed E-state index contributed by atoms with van der Waals surface area (Å²) < 4.78 is 4.01. The van der Waals surface area contributed by atoms with Crippen molar-refractivity contribution in [3.8, 4) is 0 Å². The van der Waals surface area contributed by atoms with E-state index >= 15 is 0 Å². The third kappa shape index (κ3) is 5.96. The molecule has 2 rings (SSSR count). The Bertz CT molecular complexity index is 637. The fourth-order valence-electron chi connectivity index (χ4n) is 2.34. The third-order valence-corrected chi connectivity index (χ3v) is 4.00. The highest BCUT2D eigenvalue weighted by atomic mass is 15.4. The Hall–Kier alpha value is -1.65. The quantitative estimate of drug-likeness (QED) is 0.642. The number of hydrogen-bond acceptors (Lipinski definition) is 3. The van der Waals surface area contributed by atoms with Gasteiger partial charge < -0.3 is 0 Å². The van der Waals surface area contributed by atoms with E-state index in [1.807, 2.05) is 17.1 Å². The van der Waals surface area contributed by atoms with Gasteiger partial charge in [-0.15, -0.1) is 5.10 Å². The smallest absolute Gasteiger partial charge is 0.0880 e. The number of nitrogens with zero attached hydrogens (tertiary/aromatic N) is 5. The standard InChI is InChI=1S/C11H20N2.C10H19N3/c1-10(2,3)9-7-8-12-13(9)11(4,5)6;1-9(2,3)8-7-13(12-11-8)10(4,5)6/h7-8H,1-6H3;7H,1-6H3. The minimum Gasteiger partial charge on any atom is -0.264 e. The molecule has 0 unspecified atom stereocenters. The molecule has 0 aliphatic heterocycles. The van der Waals surface area contributed by atoms with Crippen molar-refractivity contribution in [1.82, 2.24) is 24.8 Å². The van der Waals surface area contributed by atoms with Crippen LogP contribution < -0.4 is 0 Å². The van der Waals surface area contributed by atoms with Gasteiger partial charge in [0.15, 0.2) is 0 Å². The highest BCUT2D eigenvalue weighted by molar-refractivity contribution is 5.13. The second kappa shape index (κ2) is 7.16. The summed E-state index contributed by atoms with van der Waals surface area (Å²) >= 11 is 0. The van der Waals surface area contributed by atoms with Crippen LogP contribution in [0, 0.1) is 0 Å². The average molecular weight is 362 g/mol. The van der Waals surface area contributed by atoms with E-state index in [0.29, 0.717) is 0 Å². The van der Waals surface area contributed by atoms with Crippen LogP contribution in [0.25, 0.3) is 0 Å². The second-order valence-electron chi connectivity index (χ2n) is 11.0. The topological polar surface area (TPSA) is 48.5 Å². The molecule has 0 saturated carbocycles. The van der Waals surface area contributed by atoms with Crippen molar-refractivity contribution >= 4 is 0 Å². The Morgan fingerprint density at radius 2 is 1.27 bits per heavy atom. The normalized spacial score (nSPS) is 13.4. The van der Waals surface area contributed by atoms with E-state index in [2.05, 4.69) is 109 Å². The predicted octanol–water partition coefficient (Wildman–Crippen LogP) is 5.27. The molecule has 0 bridgehead atoms. The first-order chi connectivity index (χ1) is 11.4. The molecule has 0 N–H and O–H groups in total. The van der Waals surface area contributed by atoms with E-state index < -0.39 is 0 Å². The average Bonchev–Trinajstić information content (AvgIpc) is 3.06. The minimum absolute atomic E-state index is 0.0243. The Labute approximate surface area is 160 Å². The number of rotatable bonds is 0. The minimum atomic E-state index is 0.0243. The van der Waals surface area contributed by atoms with Crippen molar-refractivity contribution < 1.29 is 0 Å². The molecule has 0 radical (unpaired) electrons. The van der Waals surface area contributed by atoms with Gasteiger partial charge in [-0.05, 0) is 47.6 Å². The van der Waals surface area contributed by atoms with Crippen LogP contribution in [-0.2, 0) is 21.9 Å². The molecule has 0 atom stereocenters. The van der Waals surface area contributed by atoms with Gasteiger partial charge in [0.25, 0.3) is 0 Å². The van der Waals surface area contributed by atoms with Crippen LogP contribution in [-0.4, -0.2) is 24.8 Å². The molecule has 2 aromatic heterocycles. The van der Waals surface area contributed by atoms with Crippen molar-refractivity contribution in [2.24, 2.45) is 0 Å². The van der Waals surface area contributed by atoms with Crippen LogP contribution in [0.2, 0.25) is 0 Å². The predicted molar refractivity (Wildman–Crippen MR) is 110 cm³/mol. The highest BCUT2D eigenvalue weighted by Crippen LogP contribution is 2.26. The first-order valence-electron chi connectivity index (χ1n) is 9.42. The lowest BCUT2D eigenvalue weighted by Gasteiger charge is -2.28. The van der Waals surface area contributed by atoms with Gasteiger partial charge in [0, 0.05) is 28.9 Å². The third-order valence-electron chi connectivity index (χ3n) is 4.00. The summed E-state index contributed by atoms with van der Waals surface area (Å²) in [4.78, 5) is 0. The Morgan fingerprint density at radius 1 is 0.731 bits per heavy atom. The monoisotopic (exact) mass is 361 g/mol. The van der Waals surface area contributed by atoms with Gasteiger partial charge in [-0.3, -0.25) is 4.68 Å². The van der Waals surface area contributed by atoms with Crippen LogP contribution >= 0.6 is 0 Å². The molecular weight excluding hydrogens is 322 g/mol. The lowest BCUT2D eigenvalue weighted by Crippen LogP contribution is -2.29. The largest absolute Gasteiger partial charge is 0.264 e. The lowest BCUT2D eigenvalue weighted by atomic mass is 9.91. The summed E-state index contributed by atoms with van der Waals surface area (Å²) in [5, 5.41) is 12.7. The zero-order chi connectivity index (χ0) is 20.6. The van der Waals surface area contributed by atoms with E-state index in [9.17, 15) is 0 Å². The lowest BCUT2D eigenvalue weighted by molar-refractivity contribution is 0.322. The van der Waals surface area contributed by atoms with E-state index in [0.717, 1.165) is 5.69 Å². The fourth-order valence-corrected chi connectivity index (χ4v) is 2.34. The molecule has 0 amide bonds. The summed E-state index contributed by atoms with van der Waals surface area (Å²) in [6, 6.07) is 2.10. The van der Waals surface area contributed by atoms with Gasteiger partial charge in [-0.2, -0.15) is 5.10 Å². The van der Waals surface area contributed by atoms with E-state index in [1.165, 1.54) is 5.69 Å². The maximum Gasteiger partial charge on any atom is 0.0880 e. The van der Waals surface area contributed by atoms with E-state index in [4.69, 9.17) is 0 Å². The molecule has 0 aliphatic carbocycles. The van der Waals surface area contributed by atoms with Gasteiger partial charge in [0.05, 0.1) is 16.8 Å². The Balaban J connectivity index is 0.000000260. The summed E-state index contributed by atoms with van der Waals surface area (Å²) in [6.07, 6.45) is 3.91. The molecular formula is C21H39N5.